The van der Waals surface area contributed by atoms with Crippen molar-refractivity contribution in [3.63, 3.8) is 0 Å². The Morgan fingerprint density at radius 1 is 1.24 bits per heavy atom. The fourth-order valence-corrected chi connectivity index (χ4v) is 6.86. The molecule has 4 aliphatic heterocycles. The maximum absolute atomic E-state index is 11.9. The van der Waals surface area contributed by atoms with Crippen LogP contribution in [0.3, 0.4) is 0 Å². The summed E-state index contributed by atoms with van der Waals surface area (Å²) in [5.41, 5.74) is 5.11. The molecule has 4 fully saturated rings. The molecule has 0 aliphatic carbocycles. The number of hydroxylamine groups is 2. The number of primary amides is 1. The smallest absolute Gasteiger partial charge is 0.724 e. The Balaban J connectivity index is 0.000000228. The first-order valence-electron chi connectivity index (χ1n) is 9.32. The zero-order valence-corrected chi connectivity index (χ0v) is 21.5. The van der Waals surface area contributed by atoms with E-state index in [4.69, 9.17) is 10.8 Å². The fourth-order valence-electron chi connectivity index (χ4n) is 4.35. The average molecular weight is 520 g/mol. The minimum Gasteiger partial charge on any atom is -0.724 e. The number of β-lactam (4-membered cyclic amide) rings is 1. The second-order valence-corrected chi connectivity index (χ2v) is 11.9. The molecular formula is C15H21N4NaO11S2. The molecule has 4 rings (SSSR count). The van der Waals surface area contributed by atoms with Gasteiger partial charge in [0.2, 0.25) is 22.2 Å². The van der Waals surface area contributed by atoms with E-state index in [9.17, 15) is 40.6 Å². The average Bonchev–Trinajstić information content (AvgIpc) is 2.93. The molecule has 0 spiro atoms. The number of carboxylic acids is 1. The third-order valence-electron chi connectivity index (χ3n) is 6.03. The van der Waals surface area contributed by atoms with Crippen molar-refractivity contribution in [2.24, 2.45) is 5.73 Å². The predicted octanol–water partition coefficient (Wildman–Crippen LogP) is -5.66. The van der Waals surface area contributed by atoms with E-state index in [0.29, 0.717) is 17.9 Å². The Hall–Kier alpha value is -1.50. The summed E-state index contributed by atoms with van der Waals surface area (Å²) in [5, 5.41) is 8.54. The molecule has 4 saturated heterocycles. The van der Waals surface area contributed by atoms with Crippen LogP contribution in [0.5, 0.6) is 0 Å². The molecule has 18 heteroatoms. The van der Waals surface area contributed by atoms with Gasteiger partial charge in [0.05, 0.1) is 17.2 Å². The van der Waals surface area contributed by atoms with Crippen LogP contribution in [0.25, 0.3) is 0 Å². The van der Waals surface area contributed by atoms with Crippen molar-refractivity contribution in [2.75, 3.05) is 6.54 Å². The van der Waals surface area contributed by atoms with Crippen LogP contribution in [-0.4, -0.2) is 100.0 Å². The quantitative estimate of drug-likeness (QED) is 0.154. The van der Waals surface area contributed by atoms with Gasteiger partial charge in [-0.05, 0) is 26.7 Å². The van der Waals surface area contributed by atoms with Crippen LogP contribution in [0.2, 0.25) is 0 Å². The van der Waals surface area contributed by atoms with E-state index in [1.54, 1.807) is 0 Å². The Morgan fingerprint density at radius 2 is 1.82 bits per heavy atom. The Labute approximate surface area is 211 Å². The fraction of sp³-hybridized carbons (Fsp3) is 0.733. The summed E-state index contributed by atoms with van der Waals surface area (Å²) in [6.07, 6.45) is 0.589. The maximum atomic E-state index is 11.9. The maximum Gasteiger partial charge on any atom is 1.00 e. The summed E-state index contributed by atoms with van der Waals surface area (Å²) in [7, 11) is -8.57. The molecule has 33 heavy (non-hydrogen) atoms. The van der Waals surface area contributed by atoms with E-state index in [1.807, 2.05) is 0 Å². The number of fused-ring (bicyclic) bond motifs is 3. The number of amides is 4. The number of carbonyl (C=O) groups is 4. The number of carboxylic acid groups (broad SMARTS) is 1. The van der Waals surface area contributed by atoms with Gasteiger partial charge in [0.25, 0.3) is 0 Å². The number of hydrogen-bond donors (Lipinski definition) is 2. The van der Waals surface area contributed by atoms with Crippen LogP contribution in [0, 0.1) is 0 Å². The number of nitrogens with two attached hydrogens (primary N) is 1. The Bertz CT molecular complexity index is 1090. The molecule has 0 aromatic carbocycles. The van der Waals surface area contributed by atoms with Crippen LogP contribution in [0.1, 0.15) is 33.1 Å². The zero-order chi connectivity index (χ0) is 24.4. The minimum absolute atomic E-state index is 0. The van der Waals surface area contributed by atoms with Gasteiger partial charge in [-0.15, -0.1) is 0 Å². The number of nitrogens with zero attached hydrogens (tertiary/aromatic N) is 3. The van der Waals surface area contributed by atoms with E-state index in [2.05, 4.69) is 4.28 Å². The largest absolute Gasteiger partial charge is 1.00 e. The van der Waals surface area contributed by atoms with E-state index in [0.717, 1.165) is 9.80 Å². The first kappa shape index (κ1) is 27.7. The van der Waals surface area contributed by atoms with Crippen LogP contribution in [0.4, 0.5) is 4.79 Å². The van der Waals surface area contributed by atoms with Gasteiger partial charge in [0.15, 0.2) is 9.84 Å². The summed E-state index contributed by atoms with van der Waals surface area (Å²) in [6.45, 7) is 2.83. The molecule has 4 atom stereocenters. The summed E-state index contributed by atoms with van der Waals surface area (Å²) in [6, 6.07) is -3.40. The minimum atomic E-state index is -5.00. The number of hydrogen-bond acceptors (Lipinski definition) is 10. The summed E-state index contributed by atoms with van der Waals surface area (Å²) in [5.74, 6) is -2.33. The van der Waals surface area contributed by atoms with Crippen molar-refractivity contribution in [1.29, 1.82) is 0 Å². The van der Waals surface area contributed by atoms with Crippen molar-refractivity contribution >= 4 is 44.1 Å². The van der Waals surface area contributed by atoms with Gasteiger partial charge >= 0.3 is 41.6 Å². The molecule has 4 aliphatic rings. The third kappa shape index (κ3) is 4.59. The van der Waals surface area contributed by atoms with Gasteiger partial charge in [0.1, 0.15) is 17.5 Å². The molecule has 180 valence electrons. The first-order valence-corrected chi connectivity index (χ1v) is 12.2. The second-order valence-electron chi connectivity index (χ2n) is 8.24. The van der Waals surface area contributed by atoms with Crippen LogP contribution in [0.15, 0.2) is 0 Å². The molecule has 0 aromatic rings. The van der Waals surface area contributed by atoms with Gasteiger partial charge in [-0.1, -0.05) is 0 Å². The van der Waals surface area contributed by atoms with E-state index in [-0.39, 0.29) is 42.5 Å². The normalized spacial score (nSPS) is 31.1. The van der Waals surface area contributed by atoms with Crippen LogP contribution < -0.4 is 35.3 Å². The number of rotatable bonds is 4. The molecule has 4 amide bonds. The summed E-state index contributed by atoms with van der Waals surface area (Å²) >= 11 is 0. The number of piperidine rings is 1. The third-order valence-corrected chi connectivity index (χ3v) is 9.18. The second kappa shape index (κ2) is 8.94. The molecule has 3 N–H and O–H groups in total. The summed E-state index contributed by atoms with van der Waals surface area (Å²) in [4.78, 5) is 47.0. The zero-order valence-electron chi connectivity index (χ0n) is 17.9. The molecular weight excluding hydrogens is 499 g/mol. The van der Waals surface area contributed by atoms with Crippen molar-refractivity contribution in [3.05, 3.63) is 0 Å². The van der Waals surface area contributed by atoms with E-state index in [1.165, 1.54) is 13.8 Å². The molecule has 0 unspecified atom stereocenters. The van der Waals surface area contributed by atoms with Gasteiger partial charge in [-0.3, -0.25) is 9.59 Å². The van der Waals surface area contributed by atoms with E-state index < -0.39 is 72.3 Å². The van der Waals surface area contributed by atoms with Gasteiger partial charge in [-0.2, -0.15) is 9.35 Å². The van der Waals surface area contributed by atoms with Crippen molar-refractivity contribution in [1.82, 2.24) is 14.9 Å². The molecule has 0 radical (unpaired) electrons. The number of sulfone groups is 1. The topological polar surface area (TPSA) is 225 Å². The molecule has 4 heterocycles. The molecule has 0 aromatic heterocycles. The number of carbonyl (C=O) groups excluding carboxylic acids is 3. The van der Waals surface area contributed by atoms with Crippen LogP contribution in [-0.2, 0) is 38.9 Å². The summed E-state index contributed by atoms with van der Waals surface area (Å²) < 4.78 is 57.8. The first-order chi connectivity index (χ1) is 14.5. The van der Waals surface area contributed by atoms with Crippen molar-refractivity contribution in [2.45, 2.75) is 61.4 Å². The van der Waals surface area contributed by atoms with Gasteiger partial charge in [-0.25, -0.2) is 26.4 Å². The Kier molecular flexibility index (Phi) is 7.51. The SMILES string of the molecule is CC1(C)[C@H](C(=O)O)N2C(=O)C[C@H]2S1(=O)=O.NC(=O)[C@@H]1CC[C@@H]2CN1C(=O)N2OS(=O)(=O)[O-].[Na+]. The standard InChI is InChI=1S/C8H11NO5S.C7H11N3O6S.Na/c1-8(2)6(7(11)12)9-4(10)3-5(9)15(8,13)14;8-6(11)5-2-1-4-3-9(5)7(12)10(4)16-17(13,14)15;/h5-6H,3H2,1-2H3,(H,11,12);4-5H,1-3H2,(H2,8,11)(H,13,14,15);/q;;+1/p-1/t5-,6+;4-,5+;/m11./s1. The molecule has 15 nitrogen and oxygen atoms in total. The van der Waals surface area contributed by atoms with Crippen molar-refractivity contribution < 1.29 is 79.5 Å². The van der Waals surface area contributed by atoms with Crippen LogP contribution >= 0.6 is 0 Å². The number of aliphatic carboxylic acids is 1. The monoisotopic (exact) mass is 520 g/mol. The molecule has 2 bridgehead atoms. The van der Waals surface area contributed by atoms with Gasteiger partial charge < -0.3 is 25.2 Å². The van der Waals surface area contributed by atoms with Crippen molar-refractivity contribution in [3.8, 4) is 0 Å². The van der Waals surface area contributed by atoms with Gasteiger partial charge in [0, 0.05) is 6.54 Å². The molecule has 0 saturated carbocycles. The Morgan fingerprint density at radius 3 is 2.24 bits per heavy atom. The predicted molar refractivity (Wildman–Crippen MR) is 100 cm³/mol. The van der Waals surface area contributed by atoms with E-state index >= 15 is 0 Å². The number of urea groups is 1.